The summed E-state index contributed by atoms with van der Waals surface area (Å²) < 4.78 is 41.9. The summed E-state index contributed by atoms with van der Waals surface area (Å²) in [6.45, 7) is 6.41. The molecule has 13 heteroatoms. The number of aromatic amines is 1. The van der Waals surface area contributed by atoms with E-state index in [0.29, 0.717) is 66.1 Å². The standard InChI is InChI=1S/C31H34F3N7O2S/c1-3-30(8-12-39(13-9-30)25-19-21(6-10-35-25)31(32,33)34)41-24-7-11-36-28(42)26(24)27(38-41)37-22-4-5-23(20(2)18-22)29(43)40-14-16-44-17-15-40/h4-7,10-11,18-19H,3,8-9,12-17H2,1-2H3,(H,36,42)(H,37,38). The first-order valence-corrected chi connectivity index (χ1v) is 15.9. The van der Waals surface area contributed by atoms with Crippen molar-refractivity contribution in [2.24, 2.45) is 0 Å². The second-order valence-electron chi connectivity index (χ2n) is 11.4. The minimum absolute atomic E-state index is 0.0251. The number of pyridine rings is 2. The Morgan fingerprint density at radius 2 is 1.84 bits per heavy atom. The van der Waals surface area contributed by atoms with Crippen LogP contribution in [0.2, 0.25) is 0 Å². The molecule has 3 aromatic heterocycles. The number of hydrogen-bond donors (Lipinski definition) is 2. The number of aromatic nitrogens is 4. The normalized spacial score (nSPS) is 17.2. The number of thioether (sulfide) groups is 1. The molecule has 5 heterocycles. The van der Waals surface area contributed by atoms with Crippen LogP contribution in [-0.2, 0) is 11.7 Å². The van der Waals surface area contributed by atoms with Crippen LogP contribution in [0, 0.1) is 6.92 Å². The number of halogens is 3. The maximum absolute atomic E-state index is 13.3. The number of aryl methyl sites for hydroxylation is 1. The molecule has 232 valence electrons. The van der Waals surface area contributed by atoms with E-state index in [-0.39, 0.29) is 11.5 Å². The molecule has 2 aliphatic heterocycles. The highest BCUT2D eigenvalue weighted by atomic mass is 32.2. The van der Waals surface area contributed by atoms with Gasteiger partial charge in [-0.3, -0.25) is 14.3 Å². The Kier molecular flexibility index (Phi) is 8.08. The Labute approximate surface area is 256 Å². The zero-order chi connectivity index (χ0) is 31.1. The number of carbonyl (C=O) groups excluding carboxylic acids is 1. The number of nitrogens with one attached hydrogen (secondary N) is 2. The quantitative estimate of drug-likeness (QED) is 0.280. The SMILES string of the molecule is CCC1(n2nc(Nc3ccc(C(=O)N4CCSCC4)c(C)c3)c3c(=O)[nH]ccc32)CCN(c2cc(C(F)(F)F)ccn2)CC1. The molecule has 0 radical (unpaired) electrons. The van der Waals surface area contributed by atoms with E-state index in [1.54, 1.807) is 6.20 Å². The third-order valence-electron chi connectivity index (χ3n) is 8.82. The van der Waals surface area contributed by atoms with Crippen molar-refractivity contribution in [3.63, 3.8) is 0 Å². The lowest BCUT2D eigenvalue weighted by atomic mass is 9.85. The number of anilines is 3. The number of hydrogen-bond acceptors (Lipinski definition) is 7. The van der Waals surface area contributed by atoms with Crippen LogP contribution in [0.5, 0.6) is 0 Å². The topological polar surface area (TPSA) is 99.2 Å². The molecular formula is C31H34F3N7O2S. The van der Waals surface area contributed by atoms with Gasteiger partial charge < -0.3 is 20.1 Å². The van der Waals surface area contributed by atoms with E-state index in [9.17, 15) is 22.8 Å². The molecule has 1 amide bonds. The van der Waals surface area contributed by atoms with Gasteiger partial charge in [0.15, 0.2) is 5.82 Å². The van der Waals surface area contributed by atoms with Crippen molar-refractivity contribution in [3.8, 4) is 0 Å². The first-order valence-electron chi connectivity index (χ1n) is 14.7. The van der Waals surface area contributed by atoms with Crippen molar-refractivity contribution in [3.05, 3.63) is 75.8 Å². The summed E-state index contributed by atoms with van der Waals surface area (Å²) in [5.74, 6) is 2.60. The zero-order valence-corrected chi connectivity index (χ0v) is 25.4. The van der Waals surface area contributed by atoms with Gasteiger partial charge >= 0.3 is 6.18 Å². The van der Waals surface area contributed by atoms with Crippen LogP contribution >= 0.6 is 11.8 Å². The third kappa shape index (κ3) is 5.64. The van der Waals surface area contributed by atoms with Crippen LogP contribution in [0.1, 0.15) is 47.7 Å². The maximum Gasteiger partial charge on any atom is 0.416 e. The summed E-state index contributed by atoms with van der Waals surface area (Å²) in [7, 11) is 0. The van der Waals surface area contributed by atoms with E-state index in [1.807, 2.05) is 57.4 Å². The molecule has 2 N–H and O–H groups in total. The molecular weight excluding hydrogens is 591 g/mol. The van der Waals surface area contributed by atoms with Crippen molar-refractivity contribution >= 4 is 45.9 Å². The van der Waals surface area contributed by atoms with Crippen molar-refractivity contribution in [2.45, 2.75) is 44.8 Å². The monoisotopic (exact) mass is 625 g/mol. The number of piperidine rings is 1. The first-order chi connectivity index (χ1) is 21.1. The molecule has 2 fully saturated rings. The summed E-state index contributed by atoms with van der Waals surface area (Å²) in [6, 6.07) is 9.44. The fourth-order valence-corrected chi connectivity index (χ4v) is 7.12. The lowest BCUT2D eigenvalue weighted by Gasteiger charge is -2.42. The molecule has 0 atom stereocenters. The van der Waals surface area contributed by atoms with Crippen molar-refractivity contribution < 1.29 is 18.0 Å². The summed E-state index contributed by atoms with van der Waals surface area (Å²) >= 11 is 1.85. The maximum atomic E-state index is 13.3. The predicted octanol–water partition coefficient (Wildman–Crippen LogP) is 5.79. The Morgan fingerprint density at radius 1 is 1.09 bits per heavy atom. The molecule has 6 rings (SSSR count). The van der Waals surface area contributed by atoms with Gasteiger partial charge in [0, 0.05) is 61.3 Å². The molecule has 2 saturated heterocycles. The predicted molar refractivity (Wildman–Crippen MR) is 167 cm³/mol. The van der Waals surface area contributed by atoms with E-state index in [1.165, 1.54) is 6.20 Å². The lowest BCUT2D eigenvalue weighted by Crippen LogP contribution is -2.46. The average molecular weight is 626 g/mol. The minimum Gasteiger partial charge on any atom is -0.356 e. The Hall–Kier alpha value is -4.00. The summed E-state index contributed by atoms with van der Waals surface area (Å²) in [4.78, 5) is 36.9. The number of carbonyl (C=O) groups is 1. The molecule has 0 aliphatic carbocycles. The molecule has 0 bridgehead atoms. The van der Waals surface area contributed by atoms with Gasteiger partial charge in [0.1, 0.15) is 11.2 Å². The highest BCUT2D eigenvalue weighted by molar-refractivity contribution is 7.99. The smallest absolute Gasteiger partial charge is 0.356 e. The van der Waals surface area contributed by atoms with E-state index in [2.05, 4.69) is 22.2 Å². The fraction of sp³-hybridized carbons (Fsp3) is 0.419. The van der Waals surface area contributed by atoms with Crippen molar-refractivity contribution in [2.75, 3.05) is 47.9 Å². The number of amides is 1. The molecule has 1 aromatic carbocycles. The number of nitrogens with zero attached hydrogens (tertiary/aromatic N) is 5. The summed E-state index contributed by atoms with van der Waals surface area (Å²) in [5.41, 5.74) is 1.41. The van der Waals surface area contributed by atoms with E-state index >= 15 is 0 Å². The Morgan fingerprint density at radius 3 is 2.52 bits per heavy atom. The second kappa shape index (κ2) is 11.8. The zero-order valence-electron chi connectivity index (χ0n) is 24.6. The number of H-pyrrole nitrogens is 1. The Bertz CT molecular complexity index is 1740. The van der Waals surface area contributed by atoms with Crippen molar-refractivity contribution in [1.29, 1.82) is 0 Å². The van der Waals surface area contributed by atoms with Crippen LogP contribution in [0.4, 0.5) is 30.5 Å². The third-order valence-corrected chi connectivity index (χ3v) is 9.76. The van der Waals surface area contributed by atoms with Gasteiger partial charge in [-0.2, -0.15) is 30.0 Å². The highest BCUT2D eigenvalue weighted by Crippen LogP contribution is 2.39. The number of fused-ring (bicyclic) bond motifs is 1. The largest absolute Gasteiger partial charge is 0.416 e. The molecule has 0 unspecified atom stereocenters. The van der Waals surface area contributed by atoms with Crippen LogP contribution in [0.3, 0.4) is 0 Å². The van der Waals surface area contributed by atoms with Crippen LogP contribution in [-0.4, -0.2) is 68.2 Å². The van der Waals surface area contributed by atoms with Gasteiger partial charge in [0.2, 0.25) is 0 Å². The molecule has 0 spiro atoms. The average Bonchev–Trinajstić information content (AvgIpc) is 3.41. The van der Waals surface area contributed by atoms with Gasteiger partial charge in [0.25, 0.3) is 11.5 Å². The number of benzene rings is 1. The lowest BCUT2D eigenvalue weighted by molar-refractivity contribution is -0.137. The summed E-state index contributed by atoms with van der Waals surface area (Å²) in [6.07, 6.45) is 0.283. The Balaban J connectivity index is 1.28. The van der Waals surface area contributed by atoms with Gasteiger partial charge in [-0.25, -0.2) is 4.98 Å². The van der Waals surface area contributed by atoms with Gasteiger partial charge in [-0.1, -0.05) is 6.92 Å². The van der Waals surface area contributed by atoms with Crippen LogP contribution in [0.15, 0.2) is 53.6 Å². The minimum atomic E-state index is -4.44. The fourth-order valence-electron chi connectivity index (χ4n) is 6.22. The molecule has 0 saturated carbocycles. The van der Waals surface area contributed by atoms with Gasteiger partial charge in [-0.05, 0) is 68.1 Å². The molecule has 4 aromatic rings. The first kappa shape index (κ1) is 30.0. The second-order valence-corrected chi connectivity index (χ2v) is 12.6. The molecule has 44 heavy (non-hydrogen) atoms. The highest BCUT2D eigenvalue weighted by Gasteiger charge is 2.39. The van der Waals surface area contributed by atoms with Gasteiger partial charge in [0.05, 0.1) is 16.6 Å². The van der Waals surface area contributed by atoms with Crippen LogP contribution in [0.25, 0.3) is 10.9 Å². The molecule has 9 nitrogen and oxygen atoms in total. The van der Waals surface area contributed by atoms with Crippen LogP contribution < -0.4 is 15.8 Å². The van der Waals surface area contributed by atoms with E-state index in [0.717, 1.165) is 42.3 Å². The van der Waals surface area contributed by atoms with Crippen molar-refractivity contribution in [1.82, 2.24) is 24.6 Å². The number of rotatable bonds is 6. The van der Waals surface area contributed by atoms with E-state index < -0.39 is 17.3 Å². The number of alkyl halides is 3. The molecule has 2 aliphatic rings. The van der Waals surface area contributed by atoms with Gasteiger partial charge in [-0.15, -0.1) is 0 Å². The summed E-state index contributed by atoms with van der Waals surface area (Å²) in [5, 5.41) is 8.69. The van der Waals surface area contributed by atoms with E-state index in [4.69, 9.17) is 5.10 Å².